The lowest BCUT2D eigenvalue weighted by Crippen LogP contribution is -2.00. The SMILES string of the molecule is Oc1c2c(cc3ccccc13)-c1ccccc1C1OC21. The van der Waals surface area contributed by atoms with Gasteiger partial charge in [0.15, 0.2) is 0 Å². The molecule has 5 rings (SSSR count). The molecule has 3 aromatic carbocycles. The van der Waals surface area contributed by atoms with Crippen molar-refractivity contribution in [3.8, 4) is 16.9 Å². The second kappa shape index (κ2) is 3.41. The highest BCUT2D eigenvalue weighted by Crippen LogP contribution is 2.62. The highest BCUT2D eigenvalue weighted by molar-refractivity contribution is 5.96. The number of rotatable bonds is 0. The summed E-state index contributed by atoms with van der Waals surface area (Å²) in [6.07, 6.45) is 0.135. The fourth-order valence-corrected chi connectivity index (χ4v) is 3.41. The van der Waals surface area contributed by atoms with E-state index in [2.05, 4.69) is 18.2 Å². The molecular formula is C18H12O2. The van der Waals surface area contributed by atoms with Crippen molar-refractivity contribution in [2.75, 3.05) is 0 Å². The molecule has 2 heteroatoms. The van der Waals surface area contributed by atoms with Crippen molar-refractivity contribution < 1.29 is 9.84 Å². The summed E-state index contributed by atoms with van der Waals surface area (Å²) in [7, 11) is 0. The Morgan fingerprint density at radius 3 is 2.60 bits per heavy atom. The summed E-state index contributed by atoms with van der Waals surface area (Å²) in [5, 5.41) is 12.6. The fraction of sp³-hybridized carbons (Fsp3) is 0.111. The van der Waals surface area contributed by atoms with Gasteiger partial charge in [0.25, 0.3) is 0 Å². The number of phenols is 1. The van der Waals surface area contributed by atoms with Gasteiger partial charge in [-0.3, -0.25) is 0 Å². The maximum Gasteiger partial charge on any atom is 0.129 e. The molecule has 2 aliphatic rings. The predicted octanol–water partition coefficient (Wildman–Crippen LogP) is 4.34. The molecule has 0 radical (unpaired) electrons. The quantitative estimate of drug-likeness (QED) is 0.610. The summed E-state index contributed by atoms with van der Waals surface area (Å²) in [6.45, 7) is 0. The highest BCUT2D eigenvalue weighted by Gasteiger charge is 2.49. The summed E-state index contributed by atoms with van der Waals surface area (Å²) >= 11 is 0. The minimum Gasteiger partial charge on any atom is -0.507 e. The zero-order valence-electron chi connectivity index (χ0n) is 10.7. The van der Waals surface area contributed by atoms with Crippen molar-refractivity contribution in [2.45, 2.75) is 12.2 Å². The molecule has 3 aromatic rings. The molecule has 1 N–H and O–H groups in total. The van der Waals surface area contributed by atoms with Gasteiger partial charge in [0.1, 0.15) is 18.0 Å². The van der Waals surface area contributed by atoms with Crippen LogP contribution in [0.2, 0.25) is 0 Å². The molecule has 96 valence electrons. The van der Waals surface area contributed by atoms with Gasteiger partial charge in [-0.25, -0.2) is 0 Å². The molecule has 2 unspecified atom stereocenters. The van der Waals surface area contributed by atoms with Gasteiger partial charge in [-0.2, -0.15) is 0 Å². The van der Waals surface area contributed by atoms with Crippen LogP contribution < -0.4 is 0 Å². The minimum absolute atomic E-state index is 0.0181. The normalized spacial score (nSPS) is 22.0. The van der Waals surface area contributed by atoms with Crippen molar-refractivity contribution in [2.24, 2.45) is 0 Å². The second-order valence-corrected chi connectivity index (χ2v) is 5.47. The van der Waals surface area contributed by atoms with Crippen molar-refractivity contribution in [1.29, 1.82) is 0 Å². The molecule has 1 aliphatic carbocycles. The third kappa shape index (κ3) is 1.17. The molecule has 0 bridgehead atoms. The smallest absolute Gasteiger partial charge is 0.129 e. The molecular weight excluding hydrogens is 248 g/mol. The first kappa shape index (κ1) is 10.5. The van der Waals surface area contributed by atoms with Crippen LogP contribution in [0.3, 0.4) is 0 Å². The van der Waals surface area contributed by atoms with Gasteiger partial charge in [-0.1, -0.05) is 48.5 Å². The molecule has 2 atom stereocenters. The van der Waals surface area contributed by atoms with Gasteiger partial charge >= 0.3 is 0 Å². The summed E-state index contributed by atoms with van der Waals surface area (Å²) in [4.78, 5) is 0. The van der Waals surface area contributed by atoms with Gasteiger partial charge in [0.05, 0.1) is 0 Å². The van der Waals surface area contributed by atoms with Gasteiger partial charge in [-0.05, 0) is 28.1 Å². The summed E-state index contributed by atoms with van der Waals surface area (Å²) < 4.78 is 5.80. The Bertz CT molecular complexity index is 866. The summed E-state index contributed by atoms with van der Waals surface area (Å²) in [5.74, 6) is 0.375. The Morgan fingerprint density at radius 1 is 0.850 bits per heavy atom. The zero-order valence-corrected chi connectivity index (χ0v) is 10.7. The zero-order chi connectivity index (χ0) is 13.3. The predicted molar refractivity (Wildman–Crippen MR) is 77.6 cm³/mol. The van der Waals surface area contributed by atoms with Crippen LogP contribution in [0.25, 0.3) is 21.9 Å². The van der Waals surface area contributed by atoms with E-state index in [1.54, 1.807) is 0 Å². The van der Waals surface area contributed by atoms with E-state index in [1.165, 1.54) is 11.1 Å². The van der Waals surface area contributed by atoms with E-state index in [-0.39, 0.29) is 12.2 Å². The van der Waals surface area contributed by atoms with Crippen molar-refractivity contribution in [1.82, 2.24) is 0 Å². The first-order chi connectivity index (χ1) is 9.84. The molecule has 20 heavy (non-hydrogen) atoms. The molecule has 0 spiro atoms. The van der Waals surface area contributed by atoms with Crippen LogP contribution in [0.4, 0.5) is 0 Å². The monoisotopic (exact) mass is 260 g/mol. The summed E-state index contributed by atoms with van der Waals surface area (Å²) in [6, 6.07) is 18.4. The molecule has 2 nitrogen and oxygen atoms in total. The lowest BCUT2D eigenvalue weighted by atomic mass is 9.83. The number of epoxide rings is 1. The molecule has 1 fully saturated rings. The van der Waals surface area contributed by atoms with Crippen LogP contribution in [0.5, 0.6) is 5.75 Å². The number of hydrogen-bond acceptors (Lipinski definition) is 2. The Kier molecular flexibility index (Phi) is 1.78. The average molecular weight is 260 g/mol. The second-order valence-electron chi connectivity index (χ2n) is 5.47. The van der Waals surface area contributed by atoms with Crippen LogP contribution in [0, 0.1) is 0 Å². The van der Waals surface area contributed by atoms with E-state index in [1.807, 2.05) is 36.4 Å². The van der Waals surface area contributed by atoms with Gasteiger partial charge < -0.3 is 9.84 Å². The van der Waals surface area contributed by atoms with Crippen LogP contribution >= 0.6 is 0 Å². The van der Waals surface area contributed by atoms with E-state index in [4.69, 9.17) is 4.74 Å². The number of phenolic OH excluding ortho intramolecular Hbond substituents is 1. The van der Waals surface area contributed by atoms with Gasteiger partial charge in [0.2, 0.25) is 0 Å². The largest absolute Gasteiger partial charge is 0.507 e. The summed E-state index contributed by atoms with van der Waals surface area (Å²) in [5.41, 5.74) is 4.48. The van der Waals surface area contributed by atoms with Crippen LogP contribution in [-0.2, 0) is 4.74 Å². The average Bonchev–Trinajstić information content (AvgIpc) is 3.28. The van der Waals surface area contributed by atoms with Crippen molar-refractivity contribution in [3.63, 3.8) is 0 Å². The number of fused-ring (bicyclic) bond motifs is 7. The Labute approximate surface area is 116 Å². The third-order valence-electron chi connectivity index (χ3n) is 4.39. The van der Waals surface area contributed by atoms with E-state index in [0.29, 0.717) is 5.75 Å². The fourth-order valence-electron chi connectivity index (χ4n) is 3.41. The number of benzene rings is 3. The highest BCUT2D eigenvalue weighted by atomic mass is 16.6. The number of hydrogen-bond donors (Lipinski definition) is 1. The van der Waals surface area contributed by atoms with Crippen molar-refractivity contribution in [3.05, 3.63) is 65.7 Å². The standard InChI is InChI=1S/C18H12O2/c19-16-11-6-2-1-5-10(11)9-14-12-7-3-4-8-13(12)17-18(20-17)15(14)16/h1-9,17-19H. The van der Waals surface area contributed by atoms with E-state index >= 15 is 0 Å². The van der Waals surface area contributed by atoms with Gasteiger partial charge in [-0.15, -0.1) is 0 Å². The number of ether oxygens (including phenoxy) is 1. The molecule has 0 aromatic heterocycles. The van der Waals surface area contributed by atoms with Crippen molar-refractivity contribution >= 4 is 10.8 Å². The van der Waals surface area contributed by atoms with E-state index in [9.17, 15) is 5.11 Å². The Hall–Kier alpha value is -2.32. The Balaban J connectivity index is 1.94. The lowest BCUT2D eigenvalue weighted by molar-refractivity contribution is 0.374. The Morgan fingerprint density at radius 2 is 1.65 bits per heavy atom. The van der Waals surface area contributed by atoms with E-state index in [0.717, 1.165) is 21.9 Å². The first-order valence-corrected chi connectivity index (χ1v) is 6.84. The lowest BCUT2D eigenvalue weighted by Gasteiger charge is -2.19. The minimum atomic E-state index is 0.0181. The molecule has 1 heterocycles. The molecule has 0 amide bonds. The van der Waals surface area contributed by atoms with Gasteiger partial charge in [0, 0.05) is 10.9 Å². The van der Waals surface area contributed by atoms with Crippen LogP contribution in [0.1, 0.15) is 23.3 Å². The van der Waals surface area contributed by atoms with E-state index < -0.39 is 0 Å². The maximum absolute atomic E-state index is 10.6. The third-order valence-corrected chi connectivity index (χ3v) is 4.39. The molecule has 1 saturated heterocycles. The van der Waals surface area contributed by atoms with Crippen LogP contribution in [-0.4, -0.2) is 5.11 Å². The number of aromatic hydroxyl groups is 1. The first-order valence-electron chi connectivity index (χ1n) is 6.84. The molecule has 1 aliphatic heterocycles. The topological polar surface area (TPSA) is 32.8 Å². The van der Waals surface area contributed by atoms with Crippen LogP contribution in [0.15, 0.2) is 54.6 Å². The maximum atomic E-state index is 10.6. The molecule has 0 saturated carbocycles.